The van der Waals surface area contributed by atoms with Crippen molar-refractivity contribution in [1.29, 1.82) is 0 Å². The Bertz CT molecular complexity index is 877. The van der Waals surface area contributed by atoms with E-state index in [4.69, 9.17) is 4.74 Å². The van der Waals surface area contributed by atoms with Crippen LogP contribution in [0.4, 0.5) is 4.39 Å². The normalized spacial score (nSPS) is 11.3. The fraction of sp³-hybridized carbons (Fsp3) is 0.304. The molecular weight excluding hydrogens is 361 g/mol. The lowest BCUT2D eigenvalue weighted by Gasteiger charge is -2.26. The van der Waals surface area contributed by atoms with Crippen LogP contribution in [-0.2, 0) is 13.2 Å². The van der Waals surface area contributed by atoms with Gasteiger partial charge in [0.05, 0.1) is 0 Å². The fourth-order valence-electron chi connectivity index (χ4n) is 2.83. The Morgan fingerprint density at radius 2 is 1.67 bits per heavy atom. The summed E-state index contributed by atoms with van der Waals surface area (Å²) < 4.78 is 19.2. The predicted molar refractivity (Wildman–Crippen MR) is 113 cm³/mol. The van der Waals surface area contributed by atoms with Gasteiger partial charge in [-0.2, -0.15) is 0 Å². The van der Waals surface area contributed by atoms with Crippen LogP contribution in [-0.4, -0.2) is 5.54 Å². The average molecular weight is 388 g/mol. The van der Waals surface area contributed by atoms with Crippen LogP contribution < -0.4 is 10.1 Å². The summed E-state index contributed by atoms with van der Waals surface area (Å²) in [5.74, 6) is 0.638. The van der Waals surface area contributed by atoms with Crippen LogP contribution in [0.3, 0.4) is 0 Å². The SMILES string of the molecule is CCC(C)(C)NCc1c(OCc2ccc(F)cc2)ccc2ccccc12.Cl. The molecule has 0 aliphatic rings. The highest BCUT2D eigenvalue weighted by Gasteiger charge is 2.16. The summed E-state index contributed by atoms with van der Waals surface area (Å²) in [5.41, 5.74) is 2.17. The number of rotatable bonds is 7. The highest BCUT2D eigenvalue weighted by atomic mass is 35.5. The molecule has 0 heterocycles. The van der Waals surface area contributed by atoms with Crippen molar-refractivity contribution in [2.75, 3.05) is 0 Å². The van der Waals surface area contributed by atoms with Crippen LogP contribution in [0.15, 0.2) is 60.7 Å². The van der Waals surface area contributed by atoms with Crippen molar-refractivity contribution in [3.05, 3.63) is 77.6 Å². The maximum Gasteiger partial charge on any atom is 0.124 e. The van der Waals surface area contributed by atoms with E-state index in [9.17, 15) is 4.39 Å². The zero-order valence-electron chi connectivity index (χ0n) is 16.1. The molecule has 0 spiro atoms. The van der Waals surface area contributed by atoms with Crippen LogP contribution in [0, 0.1) is 5.82 Å². The molecule has 0 aliphatic heterocycles. The Balaban J connectivity index is 0.00000261. The zero-order valence-corrected chi connectivity index (χ0v) is 16.9. The first-order valence-corrected chi connectivity index (χ1v) is 9.11. The van der Waals surface area contributed by atoms with Gasteiger partial charge in [0.25, 0.3) is 0 Å². The highest BCUT2D eigenvalue weighted by Crippen LogP contribution is 2.29. The third-order valence-electron chi connectivity index (χ3n) is 4.93. The van der Waals surface area contributed by atoms with Gasteiger partial charge < -0.3 is 10.1 Å². The minimum Gasteiger partial charge on any atom is -0.489 e. The topological polar surface area (TPSA) is 21.3 Å². The lowest BCUT2D eigenvalue weighted by molar-refractivity contribution is 0.299. The van der Waals surface area contributed by atoms with E-state index < -0.39 is 0 Å². The van der Waals surface area contributed by atoms with Crippen LogP contribution in [0.1, 0.15) is 38.3 Å². The molecule has 0 saturated heterocycles. The van der Waals surface area contributed by atoms with Crippen molar-refractivity contribution < 1.29 is 9.13 Å². The summed E-state index contributed by atoms with van der Waals surface area (Å²) in [7, 11) is 0. The minimum atomic E-state index is -0.230. The van der Waals surface area contributed by atoms with Crippen molar-refractivity contribution in [2.45, 2.75) is 45.9 Å². The van der Waals surface area contributed by atoms with Crippen molar-refractivity contribution >= 4 is 23.2 Å². The molecule has 3 rings (SSSR count). The molecule has 0 aromatic heterocycles. The van der Waals surface area contributed by atoms with Gasteiger partial charge in [-0.25, -0.2) is 4.39 Å². The molecule has 0 atom stereocenters. The van der Waals surface area contributed by atoms with Gasteiger partial charge in [-0.1, -0.05) is 49.4 Å². The molecule has 3 aromatic rings. The number of fused-ring (bicyclic) bond motifs is 1. The Morgan fingerprint density at radius 1 is 0.963 bits per heavy atom. The van der Waals surface area contributed by atoms with E-state index in [-0.39, 0.29) is 23.8 Å². The van der Waals surface area contributed by atoms with E-state index in [1.165, 1.54) is 22.9 Å². The Kier molecular flexibility index (Phi) is 7.23. The monoisotopic (exact) mass is 387 g/mol. The quantitative estimate of drug-likeness (QED) is 0.516. The fourth-order valence-corrected chi connectivity index (χ4v) is 2.83. The first kappa shape index (κ1) is 21.2. The predicted octanol–water partition coefficient (Wildman–Crippen LogP) is 6.26. The van der Waals surface area contributed by atoms with Crippen molar-refractivity contribution in [3.8, 4) is 5.75 Å². The number of hydrogen-bond donors (Lipinski definition) is 1. The van der Waals surface area contributed by atoms with Crippen LogP contribution in [0.2, 0.25) is 0 Å². The lowest BCUT2D eigenvalue weighted by Crippen LogP contribution is -2.37. The van der Waals surface area contributed by atoms with E-state index in [1.807, 2.05) is 6.07 Å². The molecule has 4 heteroatoms. The van der Waals surface area contributed by atoms with Gasteiger partial charge >= 0.3 is 0 Å². The standard InChI is InChI=1S/C23H26FNO.ClH/c1-4-23(2,3)25-15-21-20-8-6-5-7-18(20)11-14-22(21)26-16-17-9-12-19(24)13-10-17;/h5-14,25H,4,15-16H2,1-3H3;1H. The summed E-state index contributed by atoms with van der Waals surface area (Å²) in [6, 6.07) is 18.9. The Labute approximate surface area is 167 Å². The second kappa shape index (κ2) is 9.20. The number of halogens is 2. The van der Waals surface area contributed by atoms with Gasteiger partial charge in [-0.05, 0) is 54.8 Å². The van der Waals surface area contributed by atoms with E-state index in [1.54, 1.807) is 12.1 Å². The maximum absolute atomic E-state index is 13.1. The van der Waals surface area contributed by atoms with Crippen LogP contribution >= 0.6 is 12.4 Å². The van der Waals surface area contributed by atoms with Crippen molar-refractivity contribution in [3.63, 3.8) is 0 Å². The van der Waals surface area contributed by atoms with Gasteiger partial charge in [0.2, 0.25) is 0 Å². The number of benzene rings is 3. The first-order chi connectivity index (χ1) is 12.5. The molecule has 27 heavy (non-hydrogen) atoms. The molecule has 0 unspecified atom stereocenters. The molecule has 3 aromatic carbocycles. The van der Waals surface area contributed by atoms with Gasteiger partial charge in [0.15, 0.2) is 0 Å². The van der Waals surface area contributed by atoms with E-state index in [0.717, 1.165) is 29.8 Å². The van der Waals surface area contributed by atoms with E-state index in [0.29, 0.717) is 6.61 Å². The second-order valence-corrected chi connectivity index (χ2v) is 7.27. The summed E-state index contributed by atoms with van der Waals surface area (Å²) >= 11 is 0. The van der Waals surface area contributed by atoms with E-state index >= 15 is 0 Å². The van der Waals surface area contributed by atoms with Crippen molar-refractivity contribution in [2.24, 2.45) is 0 Å². The summed E-state index contributed by atoms with van der Waals surface area (Å²) in [4.78, 5) is 0. The third kappa shape index (κ3) is 5.44. The molecule has 0 amide bonds. The smallest absolute Gasteiger partial charge is 0.124 e. The summed E-state index contributed by atoms with van der Waals surface area (Å²) in [6.07, 6.45) is 1.05. The molecular formula is C23H27ClFNO. The number of nitrogens with one attached hydrogen (secondary N) is 1. The maximum atomic E-state index is 13.1. The van der Waals surface area contributed by atoms with Gasteiger partial charge in [-0.3, -0.25) is 0 Å². The highest BCUT2D eigenvalue weighted by molar-refractivity contribution is 5.87. The molecule has 1 N–H and O–H groups in total. The van der Waals surface area contributed by atoms with E-state index in [2.05, 4.69) is 56.4 Å². The van der Waals surface area contributed by atoms with Gasteiger partial charge in [0.1, 0.15) is 18.2 Å². The average Bonchev–Trinajstić information content (AvgIpc) is 2.66. The molecule has 0 radical (unpaired) electrons. The molecule has 2 nitrogen and oxygen atoms in total. The Morgan fingerprint density at radius 3 is 2.37 bits per heavy atom. The minimum absolute atomic E-state index is 0. The molecule has 0 aliphatic carbocycles. The zero-order chi connectivity index (χ0) is 18.6. The van der Waals surface area contributed by atoms with Gasteiger partial charge in [-0.15, -0.1) is 12.4 Å². The molecule has 0 saturated carbocycles. The lowest BCUT2D eigenvalue weighted by atomic mass is 9.99. The van der Waals surface area contributed by atoms with Crippen molar-refractivity contribution in [1.82, 2.24) is 5.32 Å². The molecule has 0 bridgehead atoms. The summed E-state index contributed by atoms with van der Waals surface area (Å²) in [6.45, 7) is 7.75. The third-order valence-corrected chi connectivity index (χ3v) is 4.93. The number of ether oxygens (including phenoxy) is 1. The Hall–Kier alpha value is -2.10. The largest absolute Gasteiger partial charge is 0.489 e. The first-order valence-electron chi connectivity index (χ1n) is 9.11. The van der Waals surface area contributed by atoms with Crippen LogP contribution in [0.25, 0.3) is 10.8 Å². The van der Waals surface area contributed by atoms with Gasteiger partial charge in [0, 0.05) is 17.6 Å². The number of hydrogen-bond acceptors (Lipinski definition) is 2. The molecule has 0 fully saturated rings. The van der Waals surface area contributed by atoms with Crippen LogP contribution in [0.5, 0.6) is 5.75 Å². The summed E-state index contributed by atoms with van der Waals surface area (Å²) in [5, 5.41) is 6.03. The second-order valence-electron chi connectivity index (χ2n) is 7.27. The molecule has 144 valence electrons.